The largest absolute Gasteiger partial charge is 0.481 e. The Balaban J connectivity index is 1.78. The molecule has 2 aliphatic rings. The Bertz CT molecular complexity index is 302. The lowest BCUT2D eigenvalue weighted by atomic mass is 9.93. The number of rotatable bonds is 4. The van der Waals surface area contributed by atoms with Crippen LogP contribution in [0.1, 0.15) is 25.7 Å². The number of carboxylic acid groups (broad SMARTS) is 1. The number of nitrogens with one attached hydrogen (secondary N) is 1. The van der Waals surface area contributed by atoms with Gasteiger partial charge in [0.1, 0.15) is 0 Å². The Morgan fingerprint density at radius 2 is 2.00 bits per heavy atom. The molecule has 0 spiro atoms. The van der Waals surface area contributed by atoms with Crippen molar-refractivity contribution < 1.29 is 14.7 Å². The predicted molar refractivity (Wildman–Crippen MR) is 62.5 cm³/mol. The van der Waals surface area contributed by atoms with Crippen LogP contribution in [0.15, 0.2) is 0 Å². The summed E-state index contributed by atoms with van der Waals surface area (Å²) in [6.45, 7) is 3.32. The van der Waals surface area contributed by atoms with Gasteiger partial charge in [0, 0.05) is 25.9 Å². The molecule has 2 saturated heterocycles. The van der Waals surface area contributed by atoms with Crippen molar-refractivity contribution in [2.45, 2.75) is 25.7 Å². The Kier molecular flexibility index (Phi) is 3.99. The van der Waals surface area contributed by atoms with Crippen molar-refractivity contribution in [2.75, 3.05) is 26.2 Å². The summed E-state index contributed by atoms with van der Waals surface area (Å²) < 4.78 is 0. The first kappa shape index (κ1) is 12.4. The highest BCUT2D eigenvalue weighted by molar-refractivity contribution is 5.77. The van der Waals surface area contributed by atoms with Crippen LogP contribution in [-0.2, 0) is 9.59 Å². The molecular weight excluding hydrogens is 220 g/mol. The summed E-state index contributed by atoms with van der Waals surface area (Å²) in [4.78, 5) is 24.5. The SMILES string of the molecule is O=C(O)CC1CCCN(C(=O)CC2CNC2)C1. The third-order valence-corrected chi connectivity index (χ3v) is 3.66. The van der Waals surface area contributed by atoms with Crippen LogP contribution in [-0.4, -0.2) is 48.1 Å². The van der Waals surface area contributed by atoms with Crippen molar-refractivity contribution >= 4 is 11.9 Å². The van der Waals surface area contributed by atoms with Gasteiger partial charge in [-0.2, -0.15) is 0 Å². The molecule has 0 saturated carbocycles. The Hall–Kier alpha value is -1.10. The first-order valence-electron chi connectivity index (χ1n) is 6.35. The maximum Gasteiger partial charge on any atom is 0.303 e. The van der Waals surface area contributed by atoms with Crippen LogP contribution >= 0.6 is 0 Å². The molecule has 5 heteroatoms. The van der Waals surface area contributed by atoms with Crippen LogP contribution in [0.2, 0.25) is 0 Å². The Morgan fingerprint density at radius 1 is 1.24 bits per heavy atom. The number of likely N-dealkylation sites (tertiary alicyclic amines) is 1. The topological polar surface area (TPSA) is 69.6 Å². The molecule has 2 N–H and O–H groups in total. The lowest BCUT2D eigenvalue weighted by Crippen LogP contribution is -2.47. The van der Waals surface area contributed by atoms with Crippen molar-refractivity contribution in [3.8, 4) is 0 Å². The summed E-state index contributed by atoms with van der Waals surface area (Å²) in [5.41, 5.74) is 0. The fraction of sp³-hybridized carbons (Fsp3) is 0.833. The molecule has 0 aromatic rings. The first-order valence-corrected chi connectivity index (χ1v) is 6.35. The van der Waals surface area contributed by atoms with Gasteiger partial charge in [0.25, 0.3) is 0 Å². The summed E-state index contributed by atoms with van der Waals surface area (Å²) in [5, 5.41) is 11.9. The van der Waals surface area contributed by atoms with Gasteiger partial charge in [0.2, 0.25) is 5.91 Å². The highest BCUT2D eigenvalue weighted by Gasteiger charge is 2.28. The van der Waals surface area contributed by atoms with E-state index in [9.17, 15) is 9.59 Å². The van der Waals surface area contributed by atoms with Crippen LogP contribution in [0.3, 0.4) is 0 Å². The molecule has 17 heavy (non-hydrogen) atoms. The van der Waals surface area contributed by atoms with Crippen LogP contribution < -0.4 is 5.32 Å². The third-order valence-electron chi connectivity index (χ3n) is 3.66. The summed E-state index contributed by atoms with van der Waals surface area (Å²) >= 11 is 0. The van der Waals surface area contributed by atoms with Crippen LogP contribution in [0.4, 0.5) is 0 Å². The van der Waals surface area contributed by atoms with Crippen molar-refractivity contribution in [1.82, 2.24) is 10.2 Å². The summed E-state index contributed by atoms with van der Waals surface area (Å²) in [7, 11) is 0. The van der Waals surface area contributed by atoms with Crippen LogP contribution in [0.5, 0.6) is 0 Å². The maximum absolute atomic E-state index is 12.0. The molecule has 0 bridgehead atoms. The molecule has 0 aliphatic carbocycles. The molecule has 2 heterocycles. The summed E-state index contributed by atoms with van der Waals surface area (Å²) in [6.07, 6.45) is 2.68. The second-order valence-electron chi connectivity index (χ2n) is 5.17. The van der Waals surface area contributed by atoms with Gasteiger partial charge in [-0.3, -0.25) is 9.59 Å². The van der Waals surface area contributed by atoms with E-state index in [2.05, 4.69) is 5.32 Å². The molecule has 2 aliphatic heterocycles. The average Bonchev–Trinajstić information content (AvgIpc) is 2.22. The molecule has 0 aromatic heterocycles. The molecule has 2 rings (SSSR count). The number of nitrogens with zero attached hydrogens (tertiary/aromatic N) is 1. The number of carbonyl (C=O) groups is 2. The van der Waals surface area contributed by atoms with Gasteiger partial charge in [0.15, 0.2) is 0 Å². The zero-order chi connectivity index (χ0) is 12.3. The van der Waals surface area contributed by atoms with Crippen LogP contribution in [0.25, 0.3) is 0 Å². The van der Waals surface area contributed by atoms with Gasteiger partial charge in [-0.05, 0) is 37.8 Å². The van der Waals surface area contributed by atoms with Gasteiger partial charge < -0.3 is 15.3 Å². The number of carboxylic acids is 1. The fourth-order valence-electron chi connectivity index (χ4n) is 2.57. The molecule has 1 amide bonds. The van der Waals surface area contributed by atoms with E-state index in [0.29, 0.717) is 18.9 Å². The monoisotopic (exact) mass is 240 g/mol. The number of hydrogen-bond donors (Lipinski definition) is 2. The van der Waals surface area contributed by atoms with E-state index < -0.39 is 5.97 Å². The third kappa shape index (κ3) is 3.43. The number of piperidine rings is 1. The average molecular weight is 240 g/mol. The van der Waals surface area contributed by atoms with E-state index in [1.54, 1.807) is 0 Å². The number of aliphatic carboxylic acids is 1. The summed E-state index contributed by atoms with van der Waals surface area (Å²) in [5.74, 6) is 0.0751. The number of carbonyl (C=O) groups excluding carboxylic acids is 1. The second kappa shape index (κ2) is 5.49. The van der Waals surface area contributed by atoms with Crippen molar-refractivity contribution in [3.63, 3.8) is 0 Å². The predicted octanol–water partition coefficient (Wildman–Crippen LogP) is 0.309. The van der Waals surface area contributed by atoms with Gasteiger partial charge in [-0.25, -0.2) is 0 Å². The highest BCUT2D eigenvalue weighted by atomic mass is 16.4. The van der Waals surface area contributed by atoms with Gasteiger partial charge in [-0.1, -0.05) is 0 Å². The minimum atomic E-state index is -0.757. The maximum atomic E-state index is 12.0. The number of hydrogen-bond acceptors (Lipinski definition) is 3. The quantitative estimate of drug-likeness (QED) is 0.742. The van der Waals surface area contributed by atoms with Crippen molar-refractivity contribution in [3.05, 3.63) is 0 Å². The molecule has 96 valence electrons. The van der Waals surface area contributed by atoms with E-state index >= 15 is 0 Å². The first-order chi connectivity index (χ1) is 8.15. The lowest BCUT2D eigenvalue weighted by molar-refractivity contribution is -0.141. The molecular formula is C12H20N2O3. The normalized spacial score (nSPS) is 25.4. The number of amides is 1. The van der Waals surface area contributed by atoms with E-state index in [1.807, 2.05) is 4.90 Å². The van der Waals surface area contributed by atoms with E-state index in [4.69, 9.17) is 5.11 Å². The minimum Gasteiger partial charge on any atom is -0.481 e. The highest BCUT2D eigenvalue weighted by Crippen LogP contribution is 2.21. The molecule has 0 aromatic carbocycles. The van der Waals surface area contributed by atoms with Crippen molar-refractivity contribution in [2.24, 2.45) is 11.8 Å². The molecule has 1 atom stereocenters. The standard InChI is InChI=1S/C12H20N2O3/c15-11(4-10-6-13-7-10)14-3-1-2-9(8-14)5-12(16)17/h9-10,13H,1-8H2,(H,16,17). The zero-order valence-electron chi connectivity index (χ0n) is 10.0. The minimum absolute atomic E-state index is 0.143. The van der Waals surface area contributed by atoms with E-state index in [0.717, 1.165) is 32.5 Å². The van der Waals surface area contributed by atoms with Crippen molar-refractivity contribution in [1.29, 1.82) is 0 Å². The van der Waals surface area contributed by atoms with Gasteiger partial charge >= 0.3 is 5.97 Å². The van der Waals surface area contributed by atoms with E-state index in [1.165, 1.54) is 0 Å². The molecule has 0 radical (unpaired) electrons. The second-order valence-corrected chi connectivity index (χ2v) is 5.17. The lowest BCUT2D eigenvalue weighted by Gasteiger charge is -2.34. The Labute approximate surface area is 101 Å². The smallest absolute Gasteiger partial charge is 0.303 e. The van der Waals surface area contributed by atoms with E-state index in [-0.39, 0.29) is 18.2 Å². The Morgan fingerprint density at radius 3 is 2.59 bits per heavy atom. The van der Waals surface area contributed by atoms with Gasteiger partial charge in [0.05, 0.1) is 0 Å². The molecule has 1 unspecified atom stereocenters. The fourth-order valence-corrected chi connectivity index (χ4v) is 2.57. The molecule has 2 fully saturated rings. The zero-order valence-corrected chi connectivity index (χ0v) is 10.0. The summed E-state index contributed by atoms with van der Waals surface area (Å²) in [6, 6.07) is 0. The molecule has 5 nitrogen and oxygen atoms in total. The van der Waals surface area contributed by atoms with Crippen LogP contribution in [0, 0.1) is 11.8 Å². The van der Waals surface area contributed by atoms with Gasteiger partial charge in [-0.15, -0.1) is 0 Å².